The van der Waals surface area contributed by atoms with Gasteiger partial charge in [0, 0.05) is 19.1 Å². The second kappa shape index (κ2) is 6.40. The van der Waals surface area contributed by atoms with Gasteiger partial charge >= 0.3 is 0 Å². The number of hydrogen-bond acceptors (Lipinski definition) is 2. The Bertz CT molecular complexity index is 468. The lowest BCUT2D eigenvalue weighted by atomic mass is 9.89. The van der Waals surface area contributed by atoms with Gasteiger partial charge in [-0.05, 0) is 49.7 Å². The monoisotopic (exact) mass is 273 g/mol. The Hall–Kier alpha value is -1.35. The molecule has 1 aromatic carbocycles. The number of amides is 1. The first-order chi connectivity index (χ1) is 9.84. The standard InChI is InChI=1S/C17H23NO2/c19-17(14-9-10-14)18-11-4-12-20-16-8-3-6-13-5-1-2-7-15(13)16/h1-2,5,7,14,16H,3-4,6,8-12H2,(H,18,19). The fraction of sp³-hybridized carbons (Fsp3) is 0.588. The molecule has 0 spiro atoms. The van der Waals surface area contributed by atoms with Gasteiger partial charge < -0.3 is 10.1 Å². The van der Waals surface area contributed by atoms with E-state index in [0.29, 0.717) is 5.92 Å². The Balaban J connectivity index is 1.39. The van der Waals surface area contributed by atoms with Crippen molar-refractivity contribution in [1.29, 1.82) is 0 Å². The molecule has 2 aliphatic carbocycles. The molecule has 0 saturated heterocycles. The van der Waals surface area contributed by atoms with Crippen LogP contribution >= 0.6 is 0 Å². The number of fused-ring (bicyclic) bond motifs is 1. The first-order valence-corrected chi connectivity index (χ1v) is 7.82. The van der Waals surface area contributed by atoms with Crippen LogP contribution in [0.2, 0.25) is 0 Å². The maximum Gasteiger partial charge on any atom is 0.223 e. The summed E-state index contributed by atoms with van der Waals surface area (Å²) >= 11 is 0. The summed E-state index contributed by atoms with van der Waals surface area (Å²) in [5, 5.41) is 2.98. The molecule has 3 heteroatoms. The molecule has 2 aliphatic rings. The lowest BCUT2D eigenvalue weighted by molar-refractivity contribution is -0.122. The molecule has 0 aromatic heterocycles. The van der Waals surface area contributed by atoms with E-state index in [1.807, 2.05) is 0 Å². The van der Waals surface area contributed by atoms with Gasteiger partial charge in [0.25, 0.3) is 0 Å². The normalized spacial score (nSPS) is 21.3. The maximum absolute atomic E-state index is 11.5. The van der Waals surface area contributed by atoms with Crippen molar-refractivity contribution in [3.63, 3.8) is 0 Å². The van der Waals surface area contributed by atoms with Crippen LogP contribution in [0.1, 0.15) is 49.3 Å². The van der Waals surface area contributed by atoms with Gasteiger partial charge in [-0.25, -0.2) is 0 Å². The summed E-state index contributed by atoms with van der Waals surface area (Å²) in [5.41, 5.74) is 2.80. The Kier molecular flexibility index (Phi) is 4.36. The summed E-state index contributed by atoms with van der Waals surface area (Å²) < 4.78 is 6.02. The molecule has 0 aliphatic heterocycles. The van der Waals surface area contributed by atoms with Crippen molar-refractivity contribution in [2.24, 2.45) is 5.92 Å². The minimum absolute atomic E-state index is 0.230. The summed E-state index contributed by atoms with van der Waals surface area (Å²) in [6, 6.07) is 8.60. The highest BCUT2D eigenvalue weighted by atomic mass is 16.5. The van der Waals surface area contributed by atoms with Crippen LogP contribution in [0.15, 0.2) is 24.3 Å². The van der Waals surface area contributed by atoms with Crippen molar-refractivity contribution < 1.29 is 9.53 Å². The Morgan fingerprint density at radius 1 is 1.25 bits per heavy atom. The highest BCUT2D eigenvalue weighted by Gasteiger charge is 2.29. The topological polar surface area (TPSA) is 38.3 Å². The first-order valence-electron chi connectivity index (χ1n) is 7.82. The summed E-state index contributed by atoms with van der Waals surface area (Å²) in [4.78, 5) is 11.5. The molecule has 3 nitrogen and oxygen atoms in total. The SMILES string of the molecule is O=C(NCCCOC1CCCc2ccccc21)C1CC1. The molecule has 1 atom stereocenters. The Labute approximate surface area is 120 Å². The number of nitrogens with one attached hydrogen (secondary N) is 1. The molecular weight excluding hydrogens is 250 g/mol. The van der Waals surface area contributed by atoms with Crippen LogP contribution in [-0.2, 0) is 16.0 Å². The molecule has 1 saturated carbocycles. The van der Waals surface area contributed by atoms with Crippen LogP contribution in [0, 0.1) is 5.92 Å². The molecule has 1 N–H and O–H groups in total. The van der Waals surface area contributed by atoms with Gasteiger partial charge in [-0.3, -0.25) is 4.79 Å². The van der Waals surface area contributed by atoms with Gasteiger partial charge in [-0.2, -0.15) is 0 Å². The van der Waals surface area contributed by atoms with Crippen LogP contribution in [0.3, 0.4) is 0 Å². The van der Waals surface area contributed by atoms with E-state index in [1.165, 1.54) is 24.0 Å². The van der Waals surface area contributed by atoms with Gasteiger partial charge in [-0.15, -0.1) is 0 Å². The average Bonchev–Trinajstić information content (AvgIpc) is 3.31. The molecule has 1 aromatic rings. The van der Waals surface area contributed by atoms with Gasteiger partial charge in [0.2, 0.25) is 5.91 Å². The van der Waals surface area contributed by atoms with Crippen LogP contribution < -0.4 is 5.32 Å². The average molecular weight is 273 g/mol. The van der Waals surface area contributed by atoms with E-state index in [2.05, 4.69) is 29.6 Å². The van der Waals surface area contributed by atoms with E-state index < -0.39 is 0 Å². The van der Waals surface area contributed by atoms with Crippen molar-refractivity contribution in [2.75, 3.05) is 13.2 Å². The van der Waals surface area contributed by atoms with Gasteiger partial charge in [0.05, 0.1) is 6.10 Å². The second-order valence-corrected chi connectivity index (χ2v) is 5.87. The Morgan fingerprint density at radius 3 is 2.95 bits per heavy atom. The van der Waals surface area contributed by atoms with Gasteiger partial charge in [0.15, 0.2) is 0 Å². The number of rotatable bonds is 6. The number of ether oxygens (including phenoxy) is 1. The summed E-state index contributed by atoms with van der Waals surface area (Å²) in [5.74, 6) is 0.536. The maximum atomic E-state index is 11.5. The van der Waals surface area contributed by atoms with E-state index in [1.54, 1.807) is 0 Å². The van der Waals surface area contributed by atoms with Crippen molar-refractivity contribution in [3.8, 4) is 0 Å². The van der Waals surface area contributed by atoms with Gasteiger partial charge in [-0.1, -0.05) is 24.3 Å². The predicted molar refractivity (Wildman–Crippen MR) is 78.4 cm³/mol. The van der Waals surface area contributed by atoms with E-state index in [9.17, 15) is 4.79 Å². The fourth-order valence-electron chi connectivity index (χ4n) is 2.88. The number of carbonyl (C=O) groups is 1. The van der Waals surface area contributed by atoms with Crippen molar-refractivity contribution in [1.82, 2.24) is 5.32 Å². The largest absolute Gasteiger partial charge is 0.373 e. The molecule has 0 bridgehead atoms. The molecular formula is C17H23NO2. The van der Waals surface area contributed by atoms with Crippen LogP contribution in [0.5, 0.6) is 0 Å². The third kappa shape index (κ3) is 3.40. The molecule has 1 amide bonds. The molecule has 108 valence electrons. The van der Waals surface area contributed by atoms with Gasteiger partial charge in [0.1, 0.15) is 0 Å². The fourth-order valence-corrected chi connectivity index (χ4v) is 2.88. The zero-order valence-electron chi connectivity index (χ0n) is 11.9. The first kappa shape index (κ1) is 13.6. The molecule has 1 unspecified atom stereocenters. The van der Waals surface area contributed by atoms with Crippen molar-refractivity contribution in [2.45, 2.75) is 44.6 Å². The van der Waals surface area contributed by atoms with Crippen LogP contribution in [0.25, 0.3) is 0 Å². The molecule has 1 fully saturated rings. The highest BCUT2D eigenvalue weighted by molar-refractivity contribution is 5.80. The summed E-state index contributed by atoms with van der Waals surface area (Å²) in [6.45, 7) is 1.47. The third-order valence-electron chi connectivity index (χ3n) is 4.20. The number of hydrogen-bond donors (Lipinski definition) is 1. The molecule has 0 radical (unpaired) electrons. The van der Waals surface area contributed by atoms with E-state index in [-0.39, 0.29) is 12.0 Å². The number of aryl methyl sites for hydroxylation is 1. The number of benzene rings is 1. The zero-order valence-corrected chi connectivity index (χ0v) is 11.9. The highest BCUT2D eigenvalue weighted by Crippen LogP contribution is 2.32. The zero-order chi connectivity index (χ0) is 13.8. The summed E-state index contributed by atoms with van der Waals surface area (Å²) in [6.07, 6.45) is 6.79. The third-order valence-corrected chi connectivity index (χ3v) is 4.20. The molecule has 3 rings (SSSR count). The molecule has 20 heavy (non-hydrogen) atoms. The summed E-state index contributed by atoms with van der Waals surface area (Å²) in [7, 11) is 0. The van der Waals surface area contributed by atoms with Crippen LogP contribution in [0.4, 0.5) is 0 Å². The van der Waals surface area contributed by atoms with E-state index in [0.717, 1.165) is 38.8 Å². The van der Waals surface area contributed by atoms with Crippen LogP contribution in [-0.4, -0.2) is 19.1 Å². The quantitative estimate of drug-likeness (QED) is 0.809. The Morgan fingerprint density at radius 2 is 2.10 bits per heavy atom. The number of carbonyl (C=O) groups excluding carboxylic acids is 1. The van der Waals surface area contributed by atoms with E-state index in [4.69, 9.17) is 4.74 Å². The predicted octanol–water partition coefficient (Wildman–Crippen LogP) is 3.00. The molecule has 0 heterocycles. The lowest BCUT2D eigenvalue weighted by Gasteiger charge is -2.25. The smallest absolute Gasteiger partial charge is 0.223 e. The second-order valence-electron chi connectivity index (χ2n) is 5.87. The van der Waals surface area contributed by atoms with E-state index >= 15 is 0 Å². The minimum Gasteiger partial charge on any atom is -0.373 e. The minimum atomic E-state index is 0.230. The van der Waals surface area contributed by atoms with Crippen molar-refractivity contribution in [3.05, 3.63) is 35.4 Å². The van der Waals surface area contributed by atoms with Crippen molar-refractivity contribution >= 4 is 5.91 Å². The lowest BCUT2D eigenvalue weighted by Crippen LogP contribution is -2.26.